The highest BCUT2D eigenvalue weighted by atomic mass is 15.2. The van der Waals surface area contributed by atoms with Gasteiger partial charge < -0.3 is 0 Å². The third kappa shape index (κ3) is 2.32. The van der Waals surface area contributed by atoms with Gasteiger partial charge in [0.15, 0.2) is 0 Å². The third-order valence-corrected chi connectivity index (χ3v) is 1.98. The van der Waals surface area contributed by atoms with Crippen LogP contribution < -0.4 is 11.3 Å². The second-order valence-electron chi connectivity index (χ2n) is 2.92. The number of hydrazine groups is 1. The summed E-state index contributed by atoms with van der Waals surface area (Å²) in [6.45, 7) is 2.16. The van der Waals surface area contributed by atoms with Gasteiger partial charge in [0.25, 0.3) is 0 Å². The van der Waals surface area contributed by atoms with Crippen LogP contribution in [-0.2, 0) is 0 Å². The van der Waals surface area contributed by atoms with E-state index in [1.165, 1.54) is 5.56 Å². The van der Waals surface area contributed by atoms with Gasteiger partial charge in [0, 0.05) is 6.04 Å². The smallest absolute Gasteiger partial charge is 0.0459 e. The molecule has 0 amide bonds. The first-order chi connectivity index (χ1) is 5.88. The van der Waals surface area contributed by atoms with Crippen molar-refractivity contribution in [2.45, 2.75) is 25.8 Å². The fraction of sp³-hybridized carbons (Fsp3) is 0.400. The van der Waals surface area contributed by atoms with Crippen LogP contribution in [0.1, 0.15) is 31.4 Å². The van der Waals surface area contributed by atoms with E-state index in [1.807, 2.05) is 18.2 Å². The average molecular weight is 164 g/mol. The molecule has 0 saturated carbocycles. The predicted molar refractivity (Wildman–Crippen MR) is 51.4 cm³/mol. The van der Waals surface area contributed by atoms with Crippen LogP contribution in [0.15, 0.2) is 30.3 Å². The molecule has 0 aliphatic rings. The molecule has 66 valence electrons. The molecule has 0 heterocycles. The number of hydrogen-bond acceptors (Lipinski definition) is 2. The van der Waals surface area contributed by atoms with Gasteiger partial charge in [-0.05, 0) is 12.0 Å². The van der Waals surface area contributed by atoms with E-state index in [4.69, 9.17) is 5.84 Å². The lowest BCUT2D eigenvalue weighted by molar-refractivity contribution is 0.510. The van der Waals surface area contributed by atoms with Gasteiger partial charge in [0.1, 0.15) is 0 Å². The quantitative estimate of drug-likeness (QED) is 0.527. The van der Waals surface area contributed by atoms with Crippen molar-refractivity contribution < 1.29 is 0 Å². The maximum atomic E-state index is 5.44. The van der Waals surface area contributed by atoms with E-state index in [0.29, 0.717) is 6.04 Å². The molecule has 1 rings (SSSR count). The zero-order valence-electron chi connectivity index (χ0n) is 7.46. The van der Waals surface area contributed by atoms with Crippen LogP contribution in [0.2, 0.25) is 0 Å². The van der Waals surface area contributed by atoms with Crippen LogP contribution in [0.3, 0.4) is 0 Å². The number of nitrogens with two attached hydrogens (primary N) is 1. The van der Waals surface area contributed by atoms with Gasteiger partial charge in [-0.2, -0.15) is 0 Å². The standard InChI is InChI=1S/C10H16N2/c1-2-6-10(12-11)9-7-4-3-5-8-9/h3-5,7-8,10,12H,2,6,11H2,1H3/t10-/m0/s1. The summed E-state index contributed by atoms with van der Waals surface area (Å²) in [5.41, 5.74) is 4.08. The maximum absolute atomic E-state index is 5.44. The lowest BCUT2D eigenvalue weighted by atomic mass is 10.0. The zero-order valence-corrected chi connectivity index (χ0v) is 7.46. The van der Waals surface area contributed by atoms with Gasteiger partial charge in [-0.1, -0.05) is 43.7 Å². The molecule has 0 aromatic heterocycles. The van der Waals surface area contributed by atoms with E-state index in [1.54, 1.807) is 0 Å². The predicted octanol–water partition coefficient (Wildman–Crippen LogP) is 1.99. The summed E-state index contributed by atoms with van der Waals surface area (Å²) in [7, 11) is 0. The van der Waals surface area contributed by atoms with E-state index < -0.39 is 0 Å². The first kappa shape index (κ1) is 9.23. The Morgan fingerprint density at radius 3 is 2.50 bits per heavy atom. The first-order valence-electron chi connectivity index (χ1n) is 4.39. The maximum Gasteiger partial charge on any atom is 0.0459 e. The summed E-state index contributed by atoms with van der Waals surface area (Å²) in [6.07, 6.45) is 2.23. The van der Waals surface area contributed by atoms with Crippen LogP contribution >= 0.6 is 0 Å². The number of nitrogens with one attached hydrogen (secondary N) is 1. The summed E-state index contributed by atoms with van der Waals surface area (Å²) < 4.78 is 0. The molecule has 12 heavy (non-hydrogen) atoms. The van der Waals surface area contributed by atoms with Crippen molar-refractivity contribution >= 4 is 0 Å². The van der Waals surface area contributed by atoms with Crippen molar-refractivity contribution in [3.05, 3.63) is 35.9 Å². The molecule has 2 heteroatoms. The van der Waals surface area contributed by atoms with Crippen LogP contribution in [0.4, 0.5) is 0 Å². The Morgan fingerprint density at radius 2 is 2.00 bits per heavy atom. The van der Waals surface area contributed by atoms with Gasteiger partial charge >= 0.3 is 0 Å². The molecule has 0 fully saturated rings. The molecule has 2 nitrogen and oxygen atoms in total. The Bertz CT molecular complexity index is 208. The number of rotatable bonds is 4. The summed E-state index contributed by atoms with van der Waals surface area (Å²) in [6, 6.07) is 10.6. The molecular formula is C10H16N2. The lowest BCUT2D eigenvalue weighted by Gasteiger charge is -2.14. The van der Waals surface area contributed by atoms with Crippen molar-refractivity contribution in [2.24, 2.45) is 5.84 Å². The monoisotopic (exact) mass is 164 g/mol. The second kappa shape index (κ2) is 4.91. The van der Waals surface area contributed by atoms with Crippen LogP contribution in [0, 0.1) is 0 Å². The molecule has 0 bridgehead atoms. The third-order valence-electron chi connectivity index (χ3n) is 1.98. The summed E-state index contributed by atoms with van der Waals surface area (Å²) in [4.78, 5) is 0. The Morgan fingerprint density at radius 1 is 1.33 bits per heavy atom. The molecule has 1 aromatic rings. The molecule has 0 saturated heterocycles. The largest absolute Gasteiger partial charge is 0.271 e. The minimum atomic E-state index is 0.302. The molecule has 0 aliphatic heterocycles. The molecule has 0 unspecified atom stereocenters. The van der Waals surface area contributed by atoms with Gasteiger partial charge in [0.2, 0.25) is 0 Å². The SMILES string of the molecule is CCC[C@H](NN)c1ccccc1. The molecule has 1 aromatic carbocycles. The summed E-state index contributed by atoms with van der Waals surface area (Å²) in [5, 5.41) is 0. The van der Waals surface area contributed by atoms with Gasteiger partial charge in [-0.3, -0.25) is 11.3 Å². The Balaban J connectivity index is 2.66. The van der Waals surface area contributed by atoms with Crippen LogP contribution in [0.5, 0.6) is 0 Å². The molecule has 3 N–H and O–H groups in total. The average Bonchev–Trinajstić information content (AvgIpc) is 2.15. The van der Waals surface area contributed by atoms with Gasteiger partial charge in [-0.15, -0.1) is 0 Å². The van der Waals surface area contributed by atoms with Gasteiger partial charge in [0.05, 0.1) is 0 Å². The van der Waals surface area contributed by atoms with Crippen molar-refractivity contribution in [3.63, 3.8) is 0 Å². The van der Waals surface area contributed by atoms with E-state index in [9.17, 15) is 0 Å². The summed E-state index contributed by atoms with van der Waals surface area (Å²) >= 11 is 0. The first-order valence-corrected chi connectivity index (χ1v) is 4.39. The lowest BCUT2D eigenvalue weighted by Crippen LogP contribution is -2.27. The van der Waals surface area contributed by atoms with Crippen molar-refractivity contribution in [3.8, 4) is 0 Å². The van der Waals surface area contributed by atoms with Crippen molar-refractivity contribution in [2.75, 3.05) is 0 Å². The summed E-state index contributed by atoms with van der Waals surface area (Å²) in [5.74, 6) is 5.44. The van der Waals surface area contributed by atoms with Gasteiger partial charge in [-0.25, -0.2) is 0 Å². The Kier molecular flexibility index (Phi) is 3.77. The van der Waals surface area contributed by atoms with E-state index in [-0.39, 0.29) is 0 Å². The number of benzene rings is 1. The highest BCUT2D eigenvalue weighted by Gasteiger charge is 2.05. The van der Waals surface area contributed by atoms with E-state index >= 15 is 0 Å². The normalized spacial score (nSPS) is 12.8. The number of hydrogen-bond donors (Lipinski definition) is 2. The second-order valence-corrected chi connectivity index (χ2v) is 2.92. The molecule has 0 aliphatic carbocycles. The molecule has 1 atom stereocenters. The topological polar surface area (TPSA) is 38.0 Å². The highest BCUT2D eigenvalue weighted by Crippen LogP contribution is 2.16. The van der Waals surface area contributed by atoms with Crippen molar-refractivity contribution in [1.29, 1.82) is 0 Å². The fourth-order valence-corrected chi connectivity index (χ4v) is 1.32. The Labute approximate surface area is 73.8 Å². The zero-order chi connectivity index (χ0) is 8.81. The fourth-order valence-electron chi connectivity index (χ4n) is 1.32. The van der Waals surface area contributed by atoms with E-state index in [0.717, 1.165) is 12.8 Å². The minimum absolute atomic E-state index is 0.302. The Hall–Kier alpha value is -0.860. The molecule has 0 spiro atoms. The highest BCUT2D eigenvalue weighted by molar-refractivity contribution is 5.18. The van der Waals surface area contributed by atoms with Crippen molar-refractivity contribution in [1.82, 2.24) is 5.43 Å². The van der Waals surface area contributed by atoms with E-state index in [2.05, 4.69) is 24.5 Å². The van der Waals surface area contributed by atoms with Crippen LogP contribution in [-0.4, -0.2) is 0 Å². The van der Waals surface area contributed by atoms with Crippen LogP contribution in [0.25, 0.3) is 0 Å². The molecule has 0 radical (unpaired) electrons. The minimum Gasteiger partial charge on any atom is -0.271 e. The molecular weight excluding hydrogens is 148 g/mol.